The van der Waals surface area contributed by atoms with Crippen LogP contribution in [-0.4, -0.2) is 53.7 Å². The monoisotopic (exact) mass is 582 g/mol. The van der Waals surface area contributed by atoms with Crippen molar-refractivity contribution in [2.45, 2.75) is 75.7 Å². The number of piperidine rings is 1. The fourth-order valence-electron chi connectivity index (χ4n) is 5.54. The highest BCUT2D eigenvalue weighted by Crippen LogP contribution is 2.47. The third-order valence-corrected chi connectivity index (χ3v) is 8.01. The van der Waals surface area contributed by atoms with Gasteiger partial charge in [0.1, 0.15) is 17.2 Å². The minimum absolute atomic E-state index is 0.107. The summed E-state index contributed by atoms with van der Waals surface area (Å²) in [4.78, 5) is 27.7. The van der Waals surface area contributed by atoms with Crippen LogP contribution in [0.15, 0.2) is 36.4 Å². The molecule has 0 aromatic heterocycles. The molecule has 11 heteroatoms. The number of hydrogen-bond donors (Lipinski definition) is 3. The first-order valence-corrected chi connectivity index (χ1v) is 13.7. The average molecular weight is 584 g/mol. The first-order chi connectivity index (χ1) is 18.2. The maximum Gasteiger partial charge on any atom is 0.410 e. The standard InChI is InChI=1S/C28H34Cl2F2N4O3/c1-15-28(33,19-9-8-16(29)14-21(19)31)22(18-6-5-7-20(30)23(18)32)24(34-15)25(37)35-17-10-12-36(13-11-17)26(38)39-27(2,3)4/h5-9,14-15,17,22,24,34H,10-13,33H2,1-4H3,(H,35,37). The number of halogens is 4. The lowest BCUT2D eigenvalue weighted by Gasteiger charge is -2.37. The number of nitrogens with one attached hydrogen (secondary N) is 2. The summed E-state index contributed by atoms with van der Waals surface area (Å²) in [6, 6.07) is 6.79. The van der Waals surface area contributed by atoms with Gasteiger partial charge in [0.25, 0.3) is 0 Å². The molecular weight excluding hydrogens is 549 g/mol. The second kappa shape index (κ2) is 11.2. The van der Waals surface area contributed by atoms with Crippen molar-refractivity contribution in [3.05, 3.63) is 69.2 Å². The van der Waals surface area contributed by atoms with Crippen LogP contribution in [0.1, 0.15) is 57.6 Å². The van der Waals surface area contributed by atoms with Gasteiger partial charge < -0.3 is 26.0 Å². The van der Waals surface area contributed by atoms with Gasteiger partial charge in [-0.1, -0.05) is 41.4 Å². The van der Waals surface area contributed by atoms with Crippen molar-refractivity contribution in [1.82, 2.24) is 15.5 Å². The van der Waals surface area contributed by atoms with Crippen molar-refractivity contribution >= 4 is 35.2 Å². The van der Waals surface area contributed by atoms with Gasteiger partial charge in [-0.05, 0) is 64.3 Å². The average Bonchev–Trinajstić information content (AvgIpc) is 3.11. The van der Waals surface area contributed by atoms with E-state index in [9.17, 15) is 9.59 Å². The Morgan fingerprint density at radius 3 is 2.44 bits per heavy atom. The normalized spacial score (nSPS) is 26.0. The molecule has 2 saturated heterocycles. The fourth-order valence-corrected chi connectivity index (χ4v) is 5.88. The van der Waals surface area contributed by atoms with E-state index >= 15 is 8.78 Å². The molecule has 2 amide bonds. The number of carbonyl (C=O) groups is 2. The molecule has 0 bridgehead atoms. The molecule has 0 radical (unpaired) electrons. The maximum atomic E-state index is 15.4. The lowest BCUT2D eigenvalue weighted by molar-refractivity contribution is -0.124. The molecule has 0 spiro atoms. The third-order valence-electron chi connectivity index (χ3n) is 7.48. The SMILES string of the molecule is CC1NC(C(=O)NC2CCN(C(=O)OC(C)(C)C)CC2)C(c2cccc(Cl)c2F)C1(N)c1ccc(Cl)cc1F. The molecule has 4 unspecified atom stereocenters. The van der Waals surface area contributed by atoms with Crippen molar-refractivity contribution in [2.75, 3.05) is 13.1 Å². The van der Waals surface area contributed by atoms with Crippen LogP contribution in [-0.2, 0) is 15.1 Å². The number of rotatable bonds is 4. The smallest absolute Gasteiger partial charge is 0.410 e. The van der Waals surface area contributed by atoms with Gasteiger partial charge in [0, 0.05) is 41.7 Å². The van der Waals surface area contributed by atoms with E-state index in [0.717, 1.165) is 6.07 Å². The van der Waals surface area contributed by atoms with Crippen LogP contribution in [0.25, 0.3) is 0 Å². The van der Waals surface area contributed by atoms with Crippen molar-refractivity contribution in [2.24, 2.45) is 5.73 Å². The zero-order valence-electron chi connectivity index (χ0n) is 22.4. The third kappa shape index (κ3) is 6.01. The number of ether oxygens (including phenoxy) is 1. The zero-order valence-corrected chi connectivity index (χ0v) is 23.9. The van der Waals surface area contributed by atoms with E-state index < -0.39 is 52.8 Å². The molecule has 2 aliphatic rings. The van der Waals surface area contributed by atoms with Crippen LogP contribution in [0, 0.1) is 11.6 Å². The molecule has 212 valence electrons. The molecule has 2 fully saturated rings. The number of hydrogen-bond acceptors (Lipinski definition) is 5. The Morgan fingerprint density at radius 1 is 1.15 bits per heavy atom. The summed E-state index contributed by atoms with van der Waals surface area (Å²) in [6.45, 7) is 7.98. The summed E-state index contributed by atoms with van der Waals surface area (Å²) in [7, 11) is 0. The van der Waals surface area contributed by atoms with E-state index in [0.29, 0.717) is 25.9 Å². The molecule has 4 atom stereocenters. The van der Waals surface area contributed by atoms with Gasteiger partial charge in [-0.25, -0.2) is 13.6 Å². The van der Waals surface area contributed by atoms with Crippen molar-refractivity contribution in [3.8, 4) is 0 Å². The Morgan fingerprint density at radius 2 is 1.82 bits per heavy atom. The lowest BCUT2D eigenvalue weighted by atomic mass is 9.71. The van der Waals surface area contributed by atoms with E-state index in [1.165, 1.54) is 24.3 Å². The van der Waals surface area contributed by atoms with Gasteiger partial charge in [0.2, 0.25) is 5.91 Å². The van der Waals surface area contributed by atoms with Crippen LogP contribution >= 0.6 is 23.2 Å². The lowest BCUT2D eigenvalue weighted by Crippen LogP contribution is -2.53. The number of amides is 2. The summed E-state index contributed by atoms with van der Waals surface area (Å²) < 4.78 is 36.1. The molecule has 39 heavy (non-hydrogen) atoms. The molecule has 4 rings (SSSR count). The largest absolute Gasteiger partial charge is 0.444 e. The summed E-state index contributed by atoms with van der Waals surface area (Å²) in [5, 5.41) is 6.29. The van der Waals surface area contributed by atoms with Gasteiger partial charge in [0.05, 0.1) is 16.6 Å². The summed E-state index contributed by atoms with van der Waals surface area (Å²) in [6.07, 6.45) is 0.638. The van der Waals surface area contributed by atoms with Crippen molar-refractivity contribution < 1.29 is 23.1 Å². The second-order valence-electron chi connectivity index (χ2n) is 11.3. The number of nitrogens with zero attached hydrogens (tertiary/aromatic N) is 1. The second-order valence-corrected chi connectivity index (χ2v) is 12.1. The van der Waals surface area contributed by atoms with Crippen LogP contribution in [0.2, 0.25) is 10.0 Å². The summed E-state index contributed by atoms with van der Waals surface area (Å²) in [5.41, 5.74) is 5.04. The van der Waals surface area contributed by atoms with Gasteiger partial charge in [0.15, 0.2) is 0 Å². The van der Waals surface area contributed by atoms with Crippen molar-refractivity contribution in [1.29, 1.82) is 0 Å². The number of benzene rings is 2. The Labute approximate surface area is 237 Å². The fraction of sp³-hybridized carbons (Fsp3) is 0.500. The summed E-state index contributed by atoms with van der Waals surface area (Å²) >= 11 is 12.1. The van der Waals surface area contributed by atoms with E-state index in [-0.39, 0.29) is 27.2 Å². The molecule has 2 aromatic carbocycles. The van der Waals surface area contributed by atoms with Gasteiger partial charge in [-0.3, -0.25) is 4.79 Å². The quantitative estimate of drug-likeness (QED) is 0.467. The minimum atomic E-state index is -1.51. The Hall–Kier alpha value is -2.46. The van der Waals surface area contributed by atoms with Gasteiger partial charge in [-0.15, -0.1) is 0 Å². The first kappa shape index (κ1) is 29.5. The number of carbonyl (C=O) groups excluding carboxylic acids is 2. The molecular formula is C28H34Cl2F2N4O3. The summed E-state index contributed by atoms with van der Waals surface area (Å²) in [5.74, 6) is -2.76. The van der Waals surface area contributed by atoms with Crippen LogP contribution in [0.5, 0.6) is 0 Å². The predicted octanol–water partition coefficient (Wildman–Crippen LogP) is 5.09. The highest BCUT2D eigenvalue weighted by molar-refractivity contribution is 6.31. The van der Waals surface area contributed by atoms with Crippen LogP contribution in [0.4, 0.5) is 13.6 Å². The van der Waals surface area contributed by atoms with Crippen LogP contribution in [0.3, 0.4) is 0 Å². The molecule has 2 aliphatic heterocycles. The molecule has 4 N–H and O–H groups in total. The van der Waals surface area contributed by atoms with Gasteiger partial charge >= 0.3 is 6.09 Å². The van der Waals surface area contributed by atoms with Crippen molar-refractivity contribution in [3.63, 3.8) is 0 Å². The molecule has 0 saturated carbocycles. The minimum Gasteiger partial charge on any atom is -0.444 e. The highest BCUT2D eigenvalue weighted by Gasteiger charge is 2.56. The van der Waals surface area contributed by atoms with E-state index in [1.54, 1.807) is 38.7 Å². The first-order valence-electron chi connectivity index (χ1n) is 12.9. The van der Waals surface area contributed by atoms with E-state index in [1.807, 2.05) is 0 Å². The highest BCUT2D eigenvalue weighted by atomic mass is 35.5. The molecule has 2 aromatic rings. The maximum absolute atomic E-state index is 15.4. The Bertz CT molecular complexity index is 1250. The van der Waals surface area contributed by atoms with Gasteiger partial charge in [-0.2, -0.15) is 0 Å². The molecule has 2 heterocycles. The molecule has 7 nitrogen and oxygen atoms in total. The van der Waals surface area contributed by atoms with Crippen LogP contribution < -0.4 is 16.4 Å². The topological polar surface area (TPSA) is 96.7 Å². The Balaban J connectivity index is 1.60. The predicted molar refractivity (Wildman–Crippen MR) is 147 cm³/mol. The van der Waals surface area contributed by atoms with E-state index in [2.05, 4.69) is 10.6 Å². The number of nitrogens with two attached hydrogens (primary N) is 1. The Kier molecular flexibility index (Phi) is 8.47. The molecule has 0 aliphatic carbocycles. The van der Waals surface area contributed by atoms with E-state index in [4.69, 9.17) is 33.7 Å². The zero-order chi connectivity index (χ0) is 28.7. The number of likely N-dealkylation sites (tertiary alicyclic amines) is 1.